The molecule has 2 aromatic carbocycles. The Hall–Kier alpha value is -3.94. The maximum Gasteiger partial charge on any atom is 0.321 e. The molecule has 2 N–H and O–H groups in total. The van der Waals surface area contributed by atoms with E-state index in [1.54, 1.807) is 0 Å². The molecule has 1 fully saturated rings. The Morgan fingerprint density at radius 2 is 1.02 bits per heavy atom. The van der Waals surface area contributed by atoms with Crippen molar-refractivity contribution < 1.29 is 9.59 Å². The van der Waals surface area contributed by atoms with Gasteiger partial charge >= 0.3 is 12.1 Å². The molecular formula is C42H62N6O2. The minimum absolute atomic E-state index is 0.0109. The number of rotatable bonds is 14. The van der Waals surface area contributed by atoms with Crippen LogP contribution in [0.15, 0.2) is 71.8 Å². The lowest BCUT2D eigenvalue weighted by Crippen LogP contribution is -2.43. The van der Waals surface area contributed by atoms with Crippen LogP contribution >= 0.6 is 0 Å². The van der Waals surface area contributed by atoms with Gasteiger partial charge in [-0.1, -0.05) is 29.7 Å². The van der Waals surface area contributed by atoms with E-state index in [4.69, 9.17) is 0 Å². The first-order chi connectivity index (χ1) is 24.2. The van der Waals surface area contributed by atoms with Gasteiger partial charge in [0.15, 0.2) is 0 Å². The van der Waals surface area contributed by atoms with Gasteiger partial charge in [-0.15, -0.1) is 0 Å². The normalized spacial score (nSPS) is 19.1. The van der Waals surface area contributed by atoms with E-state index in [2.05, 4.69) is 42.4 Å². The number of hydrogen-bond acceptors (Lipinski definition) is 4. The molecule has 2 aromatic rings. The van der Waals surface area contributed by atoms with Crippen molar-refractivity contribution in [3.8, 4) is 0 Å². The van der Waals surface area contributed by atoms with Crippen molar-refractivity contribution >= 4 is 34.8 Å². The number of hydrogen-bond donors (Lipinski definition) is 2. The molecule has 0 aliphatic heterocycles. The Morgan fingerprint density at radius 1 is 0.600 bits per heavy atom. The molecule has 0 saturated heterocycles. The first kappa shape index (κ1) is 37.3. The van der Waals surface area contributed by atoms with E-state index in [9.17, 15) is 9.59 Å². The first-order valence-corrected chi connectivity index (χ1v) is 19.3. The number of nitrogens with zero attached hydrogens (tertiary/aromatic N) is 4. The Balaban J connectivity index is 1.24. The highest BCUT2D eigenvalue weighted by Gasteiger charge is 2.29. The summed E-state index contributed by atoms with van der Waals surface area (Å²) < 4.78 is 0. The van der Waals surface area contributed by atoms with Gasteiger partial charge in [0.25, 0.3) is 0 Å². The number of carbonyl (C=O) groups excluding carboxylic acids is 2. The second kappa shape index (κ2) is 18.9. The summed E-state index contributed by atoms with van der Waals surface area (Å²) in [5, 5.41) is 6.41. The quantitative estimate of drug-likeness (QED) is 0.195. The molecule has 272 valence electrons. The van der Waals surface area contributed by atoms with Crippen molar-refractivity contribution in [3.05, 3.63) is 71.8 Å². The maximum absolute atomic E-state index is 13.8. The molecule has 50 heavy (non-hydrogen) atoms. The molecule has 3 aliphatic rings. The SMILES string of the molecule is CN(C)c1ccc(NC(=O)N(CCC2=CCCCC2)C[C@@H]2CCC[C@H](CN(CCC3=CCCCC3)C(=O)Nc3ccc(N(C)C)cc3)C2)cc1. The molecular weight excluding hydrogens is 621 g/mol. The molecule has 0 heterocycles. The molecule has 1 saturated carbocycles. The monoisotopic (exact) mass is 682 g/mol. The fourth-order valence-electron chi connectivity index (χ4n) is 7.82. The van der Waals surface area contributed by atoms with Crippen molar-refractivity contribution in [3.63, 3.8) is 0 Å². The zero-order chi connectivity index (χ0) is 35.3. The summed E-state index contributed by atoms with van der Waals surface area (Å²) in [5.41, 5.74) is 6.87. The van der Waals surface area contributed by atoms with Gasteiger partial charge in [-0.2, -0.15) is 0 Å². The topological polar surface area (TPSA) is 71.2 Å². The highest BCUT2D eigenvalue weighted by atomic mass is 16.2. The van der Waals surface area contributed by atoms with Gasteiger partial charge in [0.1, 0.15) is 0 Å². The predicted octanol–water partition coefficient (Wildman–Crippen LogP) is 9.77. The fraction of sp³-hybridized carbons (Fsp3) is 0.571. The van der Waals surface area contributed by atoms with Gasteiger partial charge in [0.05, 0.1) is 0 Å². The van der Waals surface area contributed by atoms with Crippen molar-refractivity contribution in [1.82, 2.24) is 9.80 Å². The van der Waals surface area contributed by atoms with Crippen LogP contribution in [-0.4, -0.2) is 76.2 Å². The summed E-state index contributed by atoms with van der Waals surface area (Å²) >= 11 is 0. The molecule has 0 bridgehead atoms. The van der Waals surface area contributed by atoms with Crippen LogP contribution in [0.25, 0.3) is 0 Å². The van der Waals surface area contributed by atoms with Crippen LogP contribution in [0.3, 0.4) is 0 Å². The highest BCUT2D eigenvalue weighted by molar-refractivity contribution is 5.90. The van der Waals surface area contributed by atoms with Crippen molar-refractivity contribution in [1.29, 1.82) is 0 Å². The molecule has 8 nitrogen and oxygen atoms in total. The summed E-state index contributed by atoms with van der Waals surface area (Å²) in [5.74, 6) is 0.834. The minimum Gasteiger partial charge on any atom is -0.378 e. The Labute approximate surface area is 302 Å². The number of anilines is 4. The van der Waals surface area contributed by atoms with Crippen LogP contribution in [-0.2, 0) is 0 Å². The van der Waals surface area contributed by atoms with E-state index < -0.39 is 0 Å². The van der Waals surface area contributed by atoms with Gasteiger partial charge < -0.3 is 30.2 Å². The molecule has 5 rings (SSSR count). The largest absolute Gasteiger partial charge is 0.378 e. The summed E-state index contributed by atoms with van der Waals surface area (Å²) in [7, 11) is 8.10. The third-order valence-corrected chi connectivity index (χ3v) is 10.9. The molecule has 4 amide bonds. The zero-order valence-electron chi connectivity index (χ0n) is 31.3. The number of benzene rings is 2. The molecule has 0 unspecified atom stereocenters. The van der Waals surface area contributed by atoms with E-state index in [-0.39, 0.29) is 12.1 Å². The second-order valence-corrected chi connectivity index (χ2v) is 15.2. The third kappa shape index (κ3) is 11.6. The molecule has 0 spiro atoms. The number of nitrogens with one attached hydrogen (secondary N) is 2. The van der Waals surface area contributed by atoms with E-state index in [0.29, 0.717) is 11.8 Å². The van der Waals surface area contributed by atoms with Gasteiger partial charge in [-0.25, -0.2) is 9.59 Å². The third-order valence-electron chi connectivity index (χ3n) is 10.9. The van der Waals surface area contributed by atoms with Crippen LogP contribution in [0.5, 0.6) is 0 Å². The summed E-state index contributed by atoms with van der Waals surface area (Å²) in [6.45, 7) is 2.99. The highest BCUT2D eigenvalue weighted by Crippen LogP contribution is 2.32. The lowest BCUT2D eigenvalue weighted by atomic mass is 9.80. The molecule has 0 radical (unpaired) electrons. The number of carbonyl (C=O) groups is 2. The minimum atomic E-state index is -0.0109. The summed E-state index contributed by atoms with van der Waals surface area (Å²) in [6, 6.07) is 16.1. The average Bonchev–Trinajstić information content (AvgIpc) is 3.13. The van der Waals surface area contributed by atoms with Gasteiger partial charge in [-0.05, 0) is 144 Å². The lowest BCUT2D eigenvalue weighted by molar-refractivity contribution is 0.155. The smallest absolute Gasteiger partial charge is 0.321 e. The van der Waals surface area contributed by atoms with E-state index in [1.165, 1.54) is 36.8 Å². The second-order valence-electron chi connectivity index (χ2n) is 15.2. The van der Waals surface area contributed by atoms with Crippen LogP contribution in [0.1, 0.15) is 89.9 Å². The van der Waals surface area contributed by atoms with Crippen LogP contribution in [0, 0.1) is 11.8 Å². The van der Waals surface area contributed by atoms with Crippen molar-refractivity contribution in [2.75, 3.05) is 74.8 Å². The summed E-state index contributed by atoms with van der Waals surface area (Å²) in [6.07, 6.45) is 20.8. The number of allylic oxidation sites excluding steroid dienone is 2. The molecule has 3 aliphatic carbocycles. The maximum atomic E-state index is 13.8. The number of urea groups is 2. The van der Waals surface area contributed by atoms with Gasteiger partial charge in [0, 0.05) is 77.1 Å². The fourth-order valence-corrected chi connectivity index (χ4v) is 7.82. The van der Waals surface area contributed by atoms with Gasteiger partial charge in [-0.3, -0.25) is 0 Å². The van der Waals surface area contributed by atoms with Crippen molar-refractivity contribution in [2.45, 2.75) is 89.9 Å². The van der Waals surface area contributed by atoms with Crippen LogP contribution < -0.4 is 20.4 Å². The zero-order valence-corrected chi connectivity index (χ0v) is 31.3. The van der Waals surface area contributed by atoms with E-state index in [1.807, 2.05) is 76.7 Å². The Kier molecular flexibility index (Phi) is 14.1. The van der Waals surface area contributed by atoms with Crippen LogP contribution in [0.2, 0.25) is 0 Å². The average molecular weight is 683 g/mol. The Bertz CT molecular complexity index is 1320. The predicted molar refractivity (Wildman–Crippen MR) is 211 cm³/mol. The molecule has 8 heteroatoms. The van der Waals surface area contributed by atoms with Crippen molar-refractivity contribution in [2.24, 2.45) is 11.8 Å². The molecule has 0 aromatic heterocycles. The number of amides is 4. The van der Waals surface area contributed by atoms with E-state index in [0.717, 1.165) is 113 Å². The van der Waals surface area contributed by atoms with Crippen LogP contribution in [0.4, 0.5) is 32.3 Å². The van der Waals surface area contributed by atoms with Gasteiger partial charge in [0.2, 0.25) is 0 Å². The molecule has 2 atom stereocenters. The van der Waals surface area contributed by atoms with E-state index >= 15 is 0 Å². The standard InChI is InChI=1S/C42H62N6O2/c1-45(2)39-22-18-37(19-23-39)43-41(49)47(28-26-33-12-7-5-8-13-33)31-35-16-11-17-36(30-35)32-48(29-27-34-14-9-6-10-15-34)42(50)44-38-20-24-40(25-21-38)46(3)4/h12,14,18-25,35-36H,5-11,13,15-17,26-32H2,1-4H3,(H,43,49)(H,44,50)/t35-,36+. The Morgan fingerprint density at radius 3 is 1.38 bits per heavy atom. The lowest BCUT2D eigenvalue weighted by Gasteiger charge is -2.36. The summed E-state index contributed by atoms with van der Waals surface area (Å²) in [4.78, 5) is 35.9. The first-order valence-electron chi connectivity index (χ1n) is 19.3.